The molecular weight excluding hydrogens is 290 g/mol. The van der Waals surface area contributed by atoms with Crippen LogP contribution in [-0.2, 0) is 4.74 Å². The number of hydrogen-bond acceptors (Lipinski definition) is 3. The number of halogens is 1. The maximum atomic E-state index is 12.6. The minimum absolute atomic E-state index is 0.0523. The summed E-state index contributed by atoms with van der Waals surface area (Å²) in [5, 5.41) is 0.720. The predicted octanol–water partition coefficient (Wildman–Crippen LogP) is 3.47. The molecular formula is C16H16ClNO3. The summed E-state index contributed by atoms with van der Waals surface area (Å²) in [7, 11) is 0. The van der Waals surface area contributed by atoms with Crippen LogP contribution in [0.15, 0.2) is 23.0 Å². The molecule has 1 saturated carbocycles. The van der Waals surface area contributed by atoms with Gasteiger partial charge in [0.1, 0.15) is 10.7 Å². The molecule has 1 aromatic heterocycles. The van der Waals surface area contributed by atoms with Crippen LogP contribution in [-0.4, -0.2) is 17.1 Å². The number of aromatic nitrogens is 1. The van der Waals surface area contributed by atoms with Gasteiger partial charge >= 0.3 is 5.97 Å². The van der Waals surface area contributed by atoms with E-state index in [0.717, 1.165) is 23.9 Å². The molecule has 0 bridgehead atoms. The van der Waals surface area contributed by atoms with Crippen molar-refractivity contribution in [2.45, 2.75) is 32.7 Å². The number of ether oxygens (including phenoxy) is 1. The number of carbonyl (C=O) groups is 1. The zero-order valence-electron chi connectivity index (χ0n) is 12.0. The second-order valence-corrected chi connectivity index (χ2v) is 5.65. The van der Waals surface area contributed by atoms with Crippen LogP contribution in [0.2, 0.25) is 5.15 Å². The average molecular weight is 306 g/mol. The van der Waals surface area contributed by atoms with Crippen LogP contribution in [0.3, 0.4) is 0 Å². The molecule has 1 fully saturated rings. The number of aryl methyl sites for hydroxylation is 1. The molecule has 5 heteroatoms. The van der Waals surface area contributed by atoms with Crippen LogP contribution in [0.1, 0.15) is 41.7 Å². The summed E-state index contributed by atoms with van der Waals surface area (Å²) in [4.78, 5) is 24.7. The van der Waals surface area contributed by atoms with Gasteiger partial charge in [0.05, 0.1) is 12.1 Å². The van der Waals surface area contributed by atoms with Crippen molar-refractivity contribution >= 4 is 28.5 Å². The van der Waals surface area contributed by atoms with Crippen molar-refractivity contribution in [1.29, 1.82) is 0 Å². The van der Waals surface area contributed by atoms with Crippen molar-refractivity contribution in [2.24, 2.45) is 0 Å². The van der Waals surface area contributed by atoms with E-state index in [-0.39, 0.29) is 28.8 Å². The highest BCUT2D eigenvalue weighted by molar-refractivity contribution is 6.33. The molecule has 2 aromatic rings. The molecule has 0 radical (unpaired) electrons. The fourth-order valence-corrected chi connectivity index (χ4v) is 3.05. The molecule has 0 aliphatic heterocycles. The van der Waals surface area contributed by atoms with Gasteiger partial charge < -0.3 is 9.30 Å². The van der Waals surface area contributed by atoms with E-state index < -0.39 is 5.97 Å². The molecule has 0 atom stereocenters. The molecule has 21 heavy (non-hydrogen) atoms. The first kappa shape index (κ1) is 14.1. The Kier molecular flexibility index (Phi) is 3.49. The van der Waals surface area contributed by atoms with Crippen molar-refractivity contribution in [1.82, 2.24) is 4.57 Å². The first-order valence-electron chi connectivity index (χ1n) is 7.06. The lowest BCUT2D eigenvalue weighted by molar-refractivity contribution is 0.0524. The van der Waals surface area contributed by atoms with Gasteiger partial charge in [0.25, 0.3) is 0 Å². The van der Waals surface area contributed by atoms with Crippen molar-refractivity contribution < 1.29 is 9.53 Å². The Hall–Kier alpha value is -1.81. The van der Waals surface area contributed by atoms with Crippen molar-refractivity contribution in [3.05, 3.63) is 44.7 Å². The average Bonchev–Trinajstić information content (AvgIpc) is 3.25. The molecule has 0 amide bonds. The van der Waals surface area contributed by atoms with E-state index in [2.05, 4.69) is 0 Å². The maximum absolute atomic E-state index is 12.6. The lowest BCUT2D eigenvalue weighted by Crippen LogP contribution is -2.22. The molecule has 0 saturated heterocycles. The summed E-state index contributed by atoms with van der Waals surface area (Å²) in [5.74, 6) is -0.648. The van der Waals surface area contributed by atoms with Gasteiger partial charge in [-0.2, -0.15) is 0 Å². The molecule has 1 aromatic carbocycles. The zero-order valence-corrected chi connectivity index (χ0v) is 12.7. The third kappa shape index (κ3) is 2.23. The fraction of sp³-hybridized carbons (Fsp3) is 0.375. The van der Waals surface area contributed by atoms with Crippen molar-refractivity contribution in [3.8, 4) is 0 Å². The summed E-state index contributed by atoms with van der Waals surface area (Å²) in [6.07, 6.45) is 2.02. The van der Waals surface area contributed by atoms with Crippen LogP contribution in [0.4, 0.5) is 0 Å². The standard InChI is InChI=1S/C16H16ClNO3/c1-3-21-16(20)12-14(19)11-6-4-5-9(2)13(11)18(15(12)17)10-7-8-10/h4-6,10H,3,7-8H2,1-2H3. The Morgan fingerprint density at radius 2 is 2.14 bits per heavy atom. The summed E-state index contributed by atoms with van der Waals surface area (Å²) >= 11 is 6.39. The van der Waals surface area contributed by atoms with Gasteiger partial charge in [0, 0.05) is 11.4 Å². The maximum Gasteiger partial charge on any atom is 0.345 e. The van der Waals surface area contributed by atoms with Crippen LogP contribution >= 0.6 is 11.6 Å². The SMILES string of the molecule is CCOC(=O)c1c(Cl)n(C2CC2)c2c(C)cccc2c1=O. The van der Waals surface area contributed by atoms with E-state index in [4.69, 9.17) is 16.3 Å². The highest BCUT2D eigenvalue weighted by atomic mass is 35.5. The Morgan fingerprint density at radius 3 is 2.76 bits per heavy atom. The Labute approximate surface area is 127 Å². The van der Waals surface area contributed by atoms with Gasteiger partial charge in [-0.25, -0.2) is 4.79 Å². The summed E-state index contributed by atoms with van der Waals surface area (Å²) in [6.45, 7) is 3.86. The number of benzene rings is 1. The molecule has 3 rings (SSSR count). The van der Waals surface area contributed by atoms with Crippen LogP contribution in [0, 0.1) is 6.92 Å². The number of esters is 1. The van der Waals surface area contributed by atoms with E-state index in [1.54, 1.807) is 13.0 Å². The largest absolute Gasteiger partial charge is 0.462 e. The normalized spacial score (nSPS) is 14.4. The zero-order chi connectivity index (χ0) is 15.1. The molecule has 110 valence electrons. The van der Waals surface area contributed by atoms with Gasteiger partial charge in [0.15, 0.2) is 0 Å². The molecule has 4 nitrogen and oxygen atoms in total. The minimum Gasteiger partial charge on any atom is -0.462 e. The minimum atomic E-state index is -0.648. The van der Waals surface area contributed by atoms with Crippen LogP contribution < -0.4 is 5.43 Å². The molecule has 0 N–H and O–H groups in total. The van der Waals surface area contributed by atoms with Crippen molar-refractivity contribution in [3.63, 3.8) is 0 Å². The second-order valence-electron chi connectivity index (χ2n) is 5.29. The van der Waals surface area contributed by atoms with Gasteiger partial charge in [-0.3, -0.25) is 4.79 Å². The van der Waals surface area contributed by atoms with E-state index in [1.807, 2.05) is 23.6 Å². The third-order valence-corrected chi connectivity index (χ3v) is 4.13. The quantitative estimate of drug-likeness (QED) is 0.644. The van der Waals surface area contributed by atoms with Crippen LogP contribution in [0.5, 0.6) is 0 Å². The van der Waals surface area contributed by atoms with E-state index >= 15 is 0 Å². The number of rotatable bonds is 3. The number of nitrogens with zero attached hydrogens (tertiary/aromatic N) is 1. The Bertz CT molecular complexity index is 790. The molecule has 0 spiro atoms. The first-order valence-corrected chi connectivity index (χ1v) is 7.44. The lowest BCUT2D eigenvalue weighted by atomic mass is 10.1. The fourth-order valence-electron chi connectivity index (χ4n) is 2.66. The number of pyridine rings is 1. The molecule has 1 aliphatic carbocycles. The topological polar surface area (TPSA) is 48.3 Å². The second kappa shape index (κ2) is 5.19. The number of fused-ring (bicyclic) bond motifs is 1. The summed E-state index contributed by atoms with van der Waals surface area (Å²) < 4.78 is 6.90. The Balaban J connectivity index is 2.40. The van der Waals surface area contributed by atoms with Crippen molar-refractivity contribution in [2.75, 3.05) is 6.61 Å². The van der Waals surface area contributed by atoms with Crippen LogP contribution in [0.25, 0.3) is 10.9 Å². The highest BCUT2D eigenvalue weighted by Crippen LogP contribution is 2.40. The molecule has 0 unspecified atom stereocenters. The van der Waals surface area contributed by atoms with Gasteiger partial charge in [-0.15, -0.1) is 0 Å². The number of para-hydroxylation sites is 1. The van der Waals surface area contributed by atoms with E-state index in [1.165, 1.54) is 0 Å². The summed E-state index contributed by atoms with van der Waals surface area (Å²) in [5.41, 5.74) is 1.40. The Morgan fingerprint density at radius 1 is 1.43 bits per heavy atom. The monoisotopic (exact) mass is 305 g/mol. The van der Waals surface area contributed by atoms with E-state index in [0.29, 0.717) is 5.39 Å². The smallest absolute Gasteiger partial charge is 0.345 e. The number of carbonyl (C=O) groups excluding carboxylic acids is 1. The summed E-state index contributed by atoms with van der Waals surface area (Å²) in [6, 6.07) is 5.76. The lowest BCUT2D eigenvalue weighted by Gasteiger charge is -2.17. The third-order valence-electron chi connectivity index (χ3n) is 3.76. The first-order chi connectivity index (χ1) is 10.1. The predicted molar refractivity (Wildman–Crippen MR) is 82.2 cm³/mol. The van der Waals surface area contributed by atoms with Gasteiger partial charge in [0.2, 0.25) is 5.43 Å². The van der Waals surface area contributed by atoms with Gasteiger partial charge in [-0.1, -0.05) is 23.7 Å². The number of hydrogen-bond donors (Lipinski definition) is 0. The highest BCUT2D eigenvalue weighted by Gasteiger charge is 2.31. The van der Waals surface area contributed by atoms with Gasteiger partial charge in [-0.05, 0) is 38.3 Å². The van der Waals surface area contributed by atoms with E-state index in [9.17, 15) is 9.59 Å². The molecule has 1 heterocycles. The molecule has 1 aliphatic rings.